The van der Waals surface area contributed by atoms with Crippen LogP contribution in [-0.4, -0.2) is 16.5 Å². The number of benzene rings is 1. The molecule has 0 fully saturated rings. The number of rotatable bonds is 4. The molecule has 1 N–H and O–H groups in total. The summed E-state index contributed by atoms with van der Waals surface area (Å²) in [7, 11) is 0. The second-order valence-electron chi connectivity index (χ2n) is 4.77. The molecule has 2 aromatic heterocycles. The fourth-order valence-corrected chi connectivity index (χ4v) is 3.20. The van der Waals surface area contributed by atoms with Gasteiger partial charge in [-0.3, -0.25) is 4.98 Å². The number of thiazole rings is 1. The van der Waals surface area contributed by atoms with Crippen LogP contribution in [0.25, 0.3) is 21.7 Å². The Morgan fingerprint density at radius 1 is 1.05 bits per heavy atom. The monoisotopic (exact) mass is 295 g/mol. The van der Waals surface area contributed by atoms with Crippen LogP contribution in [0.15, 0.2) is 48.8 Å². The molecule has 0 aliphatic carbocycles. The van der Waals surface area contributed by atoms with Crippen molar-refractivity contribution >= 4 is 16.5 Å². The molecule has 0 unspecified atom stereocenters. The van der Waals surface area contributed by atoms with Gasteiger partial charge in [0.1, 0.15) is 0 Å². The second-order valence-corrected chi connectivity index (χ2v) is 5.81. The van der Waals surface area contributed by atoms with Gasteiger partial charge in [-0.15, -0.1) is 0 Å². The fraction of sp³-hybridized carbons (Fsp3) is 0.176. The van der Waals surface area contributed by atoms with Crippen LogP contribution in [0.2, 0.25) is 0 Å². The van der Waals surface area contributed by atoms with Crippen molar-refractivity contribution in [2.75, 3.05) is 11.9 Å². The lowest BCUT2D eigenvalue weighted by atomic mass is 10.0. The maximum atomic E-state index is 4.60. The molecule has 21 heavy (non-hydrogen) atoms. The smallest absolute Gasteiger partial charge is 0.183 e. The highest BCUT2D eigenvalue weighted by atomic mass is 32.1. The molecular weight excluding hydrogens is 278 g/mol. The minimum Gasteiger partial charge on any atom is -0.362 e. The first kappa shape index (κ1) is 13.8. The molecule has 2 heterocycles. The maximum Gasteiger partial charge on any atom is 0.183 e. The van der Waals surface area contributed by atoms with Gasteiger partial charge in [0.15, 0.2) is 5.13 Å². The Morgan fingerprint density at radius 2 is 1.86 bits per heavy atom. The van der Waals surface area contributed by atoms with Gasteiger partial charge < -0.3 is 5.32 Å². The van der Waals surface area contributed by atoms with Crippen molar-refractivity contribution in [2.45, 2.75) is 13.8 Å². The summed E-state index contributed by atoms with van der Waals surface area (Å²) in [4.78, 5) is 10.2. The van der Waals surface area contributed by atoms with Crippen LogP contribution in [0.4, 0.5) is 5.13 Å². The van der Waals surface area contributed by atoms with Crippen molar-refractivity contribution in [2.24, 2.45) is 0 Å². The molecular formula is C17H17N3S. The third-order valence-corrected chi connectivity index (χ3v) is 4.30. The van der Waals surface area contributed by atoms with E-state index >= 15 is 0 Å². The number of pyridine rings is 1. The standard InChI is InChI=1S/C17H17N3S/c1-3-18-17-20-11-15(21-17)14-9-6-10-19-16(14)13-8-5-4-7-12(13)2/h4-11H,3H2,1-2H3,(H,18,20). The average Bonchev–Trinajstić information content (AvgIpc) is 2.97. The highest BCUT2D eigenvalue weighted by molar-refractivity contribution is 7.18. The van der Waals surface area contributed by atoms with Crippen molar-refractivity contribution in [1.82, 2.24) is 9.97 Å². The van der Waals surface area contributed by atoms with E-state index in [2.05, 4.69) is 59.5 Å². The molecule has 0 saturated heterocycles. The molecule has 1 aromatic carbocycles. The number of hydrogen-bond donors (Lipinski definition) is 1. The summed E-state index contributed by atoms with van der Waals surface area (Å²) in [6.07, 6.45) is 3.76. The van der Waals surface area contributed by atoms with Crippen LogP contribution >= 0.6 is 11.3 Å². The van der Waals surface area contributed by atoms with E-state index in [1.165, 1.54) is 11.1 Å². The first-order valence-electron chi connectivity index (χ1n) is 7.00. The fourth-order valence-electron chi connectivity index (χ4n) is 2.29. The van der Waals surface area contributed by atoms with Crippen LogP contribution in [-0.2, 0) is 0 Å². The van der Waals surface area contributed by atoms with Crippen molar-refractivity contribution in [3.63, 3.8) is 0 Å². The quantitative estimate of drug-likeness (QED) is 0.763. The molecule has 0 bridgehead atoms. The summed E-state index contributed by atoms with van der Waals surface area (Å²) in [6.45, 7) is 5.07. The lowest BCUT2D eigenvalue weighted by Gasteiger charge is -2.09. The predicted octanol–water partition coefficient (Wildman–Crippen LogP) is 4.61. The zero-order chi connectivity index (χ0) is 14.7. The summed E-state index contributed by atoms with van der Waals surface area (Å²) in [5.74, 6) is 0. The molecule has 3 nitrogen and oxygen atoms in total. The highest BCUT2D eigenvalue weighted by Crippen LogP contribution is 2.36. The molecule has 4 heteroatoms. The summed E-state index contributed by atoms with van der Waals surface area (Å²) < 4.78 is 0. The van der Waals surface area contributed by atoms with Gasteiger partial charge in [-0.25, -0.2) is 4.98 Å². The normalized spacial score (nSPS) is 10.6. The first-order valence-corrected chi connectivity index (χ1v) is 7.82. The van der Waals surface area contributed by atoms with Crippen molar-refractivity contribution < 1.29 is 0 Å². The van der Waals surface area contributed by atoms with E-state index in [1.54, 1.807) is 11.3 Å². The van der Waals surface area contributed by atoms with E-state index in [4.69, 9.17) is 0 Å². The molecule has 3 rings (SSSR count). The number of hydrogen-bond acceptors (Lipinski definition) is 4. The SMILES string of the molecule is CCNc1ncc(-c2cccnc2-c2ccccc2C)s1. The van der Waals surface area contributed by atoms with Gasteiger partial charge in [0.05, 0.1) is 10.6 Å². The minimum atomic E-state index is 0.880. The maximum absolute atomic E-state index is 4.60. The van der Waals surface area contributed by atoms with E-state index < -0.39 is 0 Å². The van der Waals surface area contributed by atoms with E-state index in [9.17, 15) is 0 Å². The van der Waals surface area contributed by atoms with Gasteiger partial charge in [0.25, 0.3) is 0 Å². The summed E-state index contributed by atoms with van der Waals surface area (Å²) in [5, 5.41) is 4.21. The molecule has 0 aliphatic heterocycles. The number of anilines is 1. The van der Waals surface area contributed by atoms with Crippen LogP contribution in [0, 0.1) is 6.92 Å². The predicted molar refractivity (Wildman–Crippen MR) is 89.7 cm³/mol. The van der Waals surface area contributed by atoms with E-state index in [0.717, 1.165) is 27.8 Å². The lowest BCUT2D eigenvalue weighted by molar-refractivity contribution is 1.19. The van der Waals surface area contributed by atoms with Crippen molar-refractivity contribution in [1.29, 1.82) is 0 Å². The number of aromatic nitrogens is 2. The molecule has 0 radical (unpaired) electrons. The number of nitrogens with one attached hydrogen (secondary N) is 1. The second kappa shape index (κ2) is 6.06. The van der Waals surface area contributed by atoms with Crippen LogP contribution in [0.5, 0.6) is 0 Å². The molecule has 0 spiro atoms. The van der Waals surface area contributed by atoms with Gasteiger partial charge in [-0.05, 0) is 31.5 Å². The summed E-state index contributed by atoms with van der Waals surface area (Å²) in [6, 6.07) is 12.4. The average molecular weight is 295 g/mol. The first-order chi connectivity index (χ1) is 10.3. The molecule has 0 atom stereocenters. The number of nitrogens with zero attached hydrogens (tertiary/aromatic N) is 2. The highest BCUT2D eigenvalue weighted by Gasteiger charge is 2.12. The molecule has 0 amide bonds. The summed E-state index contributed by atoms with van der Waals surface area (Å²) in [5.41, 5.74) is 4.55. The molecule has 0 aliphatic rings. The Hall–Kier alpha value is -2.20. The lowest BCUT2D eigenvalue weighted by Crippen LogP contribution is -1.94. The zero-order valence-electron chi connectivity index (χ0n) is 12.1. The number of aryl methyl sites for hydroxylation is 1. The molecule has 0 saturated carbocycles. The third-order valence-electron chi connectivity index (χ3n) is 3.31. The Kier molecular flexibility index (Phi) is 3.97. The Morgan fingerprint density at radius 3 is 2.67 bits per heavy atom. The van der Waals surface area contributed by atoms with Crippen molar-refractivity contribution in [3.05, 3.63) is 54.4 Å². The van der Waals surface area contributed by atoms with Gasteiger partial charge in [0.2, 0.25) is 0 Å². The largest absolute Gasteiger partial charge is 0.362 e. The Bertz CT molecular complexity index is 749. The van der Waals surface area contributed by atoms with E-state index in [1.807, 2.05) is 18.5 Å². The Labute approximate surface area is 128 Å². The summed E-state index contributed by atoms with van der Waals surface area (Å²) >= 11 is 1.66. The molecule has 3 aromatic rings. The topological polar surface area (TPSA) is 37.8 Å². The van der Waals surface area contributed by atoms with E-state index in [-0.39, 0.29) is 0 Å². The van der Waals surface area contributed by atoms with Crippen LogP contribution in [0.1, 0.15) is 12.5 Å². The zero-order valence-corrected chi connectivity index (χ0v) is 12.9. The Balaban J connectivity index is 2.09. The molecule has 106 valence electrons. The van der Waals surface area contributed by atoms with Gasteiger partial charge in [-0.2, -0.15) is 0 Å². The van der Waals surface area contributed by atoms with E-state index in [0.29, 0.717) is 0 Å². The minimum absolute atomic E-state index is 0.880. The van der Waals surface area contributed by atoms with Gasteiger partial charge in [0, 0.05) is 30.1 Å². The van der Waals surface area contributed by atoms with Crippen molar-refractivity contribution in [3.8, 4) is 21.7 Å². The van der Waals surface area contributed by atoms with Gasteiger partial charge in [-0.1, -0.05) is 35.6 Å². The van der Waals surface area contributed by atoms with Gasteiger partial charge >= 0.3 is 0 Å². The van der Waals surface area contributed by atoms with Crippen LogP contribution in [0.3, 0.4) is 0 Å². The van der Waals surface area contributed by atoms with Crippen LogP contribution < -0.4 is 5.32 Å². The third kappa shape index (κ3) is 2.81.